The van der Waals surface area contributed by atoms with Gasteiger partial charge in [-0.05, 0) is 25.0 Å². The van der Waals surface area contributed by atoms with E-state index < -0.39 is 0 Å². The molecule has 2 aromatic carbocycles. The number of aromatic nitrogens is 2. The van der Waals surface area contributed by atoms with Gasteiger partial charge in [0.1, 0.15) is 0 Å². The maximum absolute atomic E-state index is 13.0. The Kier molecular flexibility index (Phi) is 5.19. The number of para-hydroxylation sites is 1. The lowest BCUT2D eigenvalue weighted by molar-refractivity contribution is -0.121. The van der Waals surface area contributed by atoms with E-state index in [0.717, 1.165) is 16.9 Å². The summed E-state index contributed by atoms with van der Waals surface area (Å²) in [6.07, 6.45) is 2.89. The molecule has 6 nitrogen and oxygen atoms in total. The summed E-state index contributed by atoms with van der Waals surface area (Å²) in [6.45, 7) is 1.12. The predicted molar refractivity (Wildman–Crippen MR) is 108 cm³/mol. The van der Waals surface area contributed by atoms with Crippen molar-refractivity contribution in [3.8, 4) is 11.3 Å². The van der Waals surface area contributed by atoms with Crippen LogP contribution < -0.4 is 5.32 Å². The lowest BCUT2D eigenvalue weighted by Crippen LogP contribution is -2.41. The fourth-order valence-corrected chi connectivity index (χ4v) is 3.55. The van der Waals surface area contributed by atoms with E-state index >= 15 is 0 Å². The number of piperidine rings is 1. The summed E-state index contributed by atoms with van der Waals surface area (Å²) < 4.78 is 0. The van der Waals surface area contributed by atoms with Gasteiger partial charge < -0.3 is 10.2 Å². The number of benzene rings is 2. The molecule has 1 aromatic heterocycles. The molecule has 6 heteroatoms. The number of anilines is 1. The van der Waals surface area contributed by atoms with Crippen LogP contribution in [0.5, 0.6) is 0 Å². The Balaban J connectivity index is 1.39. The molecule has 3 aromatic rings. The number of carbonyl (C=O) groups excluding carboxylic acids is 2. The first-order valence-corrected chi connectivity index (χ1v) is 9.46. The van der Waals surface area contributed by atoms with Gasteiger partial charge in [-0.2, -0.15) is 5.10 Å². The largest absolute Gasteiger partial charge is 0.338 e. The highest BCUT2D eigenvalue weighted by atomic mass is 16.2. The summed E-state index contributed by atoms with van der Waals surface area (Å²) in [5, 5.41) is 9.96. The molecule has 2 amide bonds. The average Bonchev–Trinajstić information content (AvgIpc) is 3.24. The van der Waals surface area contributed by atoms with Crippen molar-refractivity contribution in [3.05, 3.63) is 72.4 Å². The van der Waals surface area contributed by atoms with Gasteiger partial charge in [-0.15, -0.1) is 0 Å². The number of rotatable bonds is 4. The summed E-state index contributed by atoms with van der Waals surface area (Å²) in [7, 11) is 0. The minimum absolute atomic E-state index is 0.0200. The zero-order chi connectivity index (χ0) is 19.3. The molecule has 2 N–H and O–H groups in total. The van der Waals surface area contributed by atoms with Gasteiger partial charge in [-0.25, -0.2) is 0 Å². The topological polar surface area (TPSA) is 78.1 Å². The van der Waals surface area contributed by atoms with Gasteiger partial charge in [0.15, 0.2) is 0 Å². The molecule has 2 heterocycles. The second-order valence-electron chi connectivity index (χ2n) is 6.95. The van der Waals surface area contributed by atoms with Crippen molar-refractivity contribution in [1.82, 2.24) is 15.1 Å². The molecule has 0 spiro atoms. The number of nitrogens with zero attached hydrogens (tertiary/aromatic N) is 2. The van der Waals surface area contributed by atoms with Crippen LogP contribution in [0.25, 0.3) is 11.3 Å². The Morgan fingerprint density at radius 1 is 0.964 bits per heavy atom. The third kappa shape index (κ3) is 3.81. The number of nitrogens with one attached hydrogen (secondary N) is 2. The van der Waals surface area contributed by atoms with Crippen molar-refractivity contribution in [2.75, 3.05) is 18.4 Å². The van der Waals surface area contributed by atoms with E-state index in [1.807, 2.05) is 65.6 Å². The number of hydrogen-bond acceptors (Lipinski definition) is 3. The SMILES string of the molecule is O=C(Nc1ccccc1)C1CCN(C(=O)c2cn[nH]c2-c2ccccc2)CC1. The molecule has 1 saturated heterocycles. The van der Waals surface area contributed by atoms with Crippen molar-refractivity contribution in [2.24, 2.45) is 5.92 Å². The first kappa shape index (κ1) is 18.0. The number of H-pyrrole nitrogens is 1. The molecule has 0 unspecified atom stereocenters. The third-order valence-corrected chi connectivity index (χ3v) is 5.13. The maximum Gasteiger partial charge on any atom is 0.257 e. The average molecular weight is 374 g/mol. The maximum atomic E-state index is 13.0. The fourth-order valence-electron chi connectivity index (χ4n) is 3.55. The molecule has 28 heavy (non-hydrogen) atoms. The molecule has 1 fully saturated rings. The summed E-state index contributed by atoms with van der Waals surface area (Å²) in [6, 6.07) is 19.2. The molecule has 4 rings (SSSR count). The molecular weight excluding hydrogens is 352 g/mol. The Morgan fingerprint density at radius 2 is 1.61 bits per heavy atom. The van der Waals surface area contributed by atoms with Gasteiger partial charge in [0, 0.05) is 30.3 Å². The number of amides is 2. The molecule has 0 atom stereocenters. The van der Waals surface area contributed by atoms with E-state index in [-0.39, 0.29) is 17.7 Å². The first-order chi connectivity index (χ1) is 13.7. The van der Waals surface area contributed by atoms with Crippen LogP contribution >= 0.6 is 0 Å². The standard InChI is InChI=1S/C22H22N4O2/c27-21(24-18-9-5-2-6-10-18)17-11-13-26(14-12-17)22(28)19-15-23-25-20(19)16-7-3-1-4-8-16/h1-10,15,17H,11-14H2,(H,23,25)(H,24,27). The molecule has 1 aliphatic heterocycles. The lowest BCUT2D eigenvalue weighted by Gasteiger charge is -2.31. The third-order valence-electron chi connectivity index (χ3n) is 5.13. The van der Waals surface area contributed by atoms with Crippen molar-refractivity contribution >= 4 is 17.5 Å². The van der Waals surface area contributed by atoms with Crippen molar-refractivity contribution in [3.63, 3.8) is 0 Å². The molecule has 0 saturated carbocycles. The monoisotopic (exact) mass is 374 g/mol. The van der Waals surface area contributed by atoms with Crippen LogP contribution in [0.1, 0.15) is 23.2 Å². The van der Waals surface area contributed by atoms with Gasteiger partial charge in [0.25, 0.3) is 5.91 Å². The molecule has 0 radical (unpaired) electrons. The van der Waals surface area contributed by atoms with E-state index in [1.165, 1.54) is 0 Å². The van der Waals surface area contributed by atoms with Crippen molar-refractivity contribution in [2.45, 2.75) is 12.8 Å². The van der Waals surface area contributed by atoms with Gasteiger partial charge in [-0.3, -0.25) is 14.7 Å². The van der Waals surface area contributed by atoms with E-state index in [1.54, 1.807) is 6.20 Å². The van der Waals surface area contributed by atoms with Crippen LogP contribution in [0.2, 0.25) is 0 Å². The van der Waals surface area contributed by atoms with Gasteiger partial charge in [0.05, 0.1) is 17.5 Å². The second-order valence-corrected chi connectivity index (χ2v) is 6.95. The summed E-state index contributed by atoms with van der Waals surface area (Å²) in [5.74, 6) is -0.108. The normalized spacial score (nSPS) is 14.6. The van der Waals surface area contributed by atoms with Crippen LogP contribution in [0.15, 0.2) is 66.9 Å². The smallest absolute Gasteiger partial charge is 0.257 e. The highest BCUT2D eigenvalue weighted by Gasteiger charge is 2.29. The molecular formula is C22H22N4O2. The van der Waals surface area contributed by atoms with E-state index in [4.69, 9.17) is 0 Å². The van der Waals surface area contributed by atoms with Crippen molar-refractivity contribution < 1.29 is 9.59 Å². The highest BCUT2D eigenvalue weighted by molar-refractivity contribution is 6.00. The van der Waals surface area contributed by atoms with Gasteiger partial charge >= 0.3 is 0 Å². The predicted octanol–water partition coefficient (Wildman–Crippen LogP) is 3.57. The minimum Gasteiger partial charge on any atom is -0.338 e. The van der Waals surface area contributed by atoms with E-state index in [9.17, 15) is 9.59 Å². The Labute approximate surface area is 163 Å². The molecule has 142 valence electrons. The van der Waals surface area contributed by atoms with Crippen LogP contribution in [0, 0.1) is 5.92 Å². The summed E-state index contributed by atoms with van der Waals surface area (Å²) in [5.41, 5.74) is 3.03. The van der Waals surface area contributed by atoms with Gasteiger partial charge in [0.2, 0.25) is 5.91 Å². The van der Waals surface area contributed by atoms with E-state index in [0.29, 0.717) is 31.5 Å². The second kappa shape index (κ2) is 8.08. The number of hydrogen-bond donors (Lipinski definition) is 2. The zero-order valence-electron chi connectivity index (χ0n) is 15.5. The highest BCUT2D eigenvalue weighted by Crippen LogP contribution is 2.25. The fraction of sp³-hybridized carbons (Fsp3) is 0.227. The molecule has 0 bridgehead atoms. The molecule has 1 aliphatic rings. The first-order valence-electron chi connectivity index (χ1n) is 9.46. The van der Waals surface area contributed by atoms with Gasteiger partial charge in [-0.1, -0.05) is 48.5 Å². The zero-order valence-corrected chi connectivity index (χ0v) is 15.5. The Morgan fingerprint density at radius 3 is 2.29 bits per heavy atom. The van der Waals surface area contributed by atoms with E-state index in [2.05, 4.69) is 15.5 Å². The number of carbonyl (C=O) groups is 2. The van der Waals surface area contributed by atoms with Crippen LogP contribution in [-0.4, -0.2) is 40.0 Å². The molecule has 0 aliphatic carbocycles. The number of likely N-dealkylation sites (tertiary alicyclic amines) is 1. The van der Waals surface area contributed by atoms with Crippen LogP contribution in [0.3, 0.4) is 0 Å². The Hall–Kier alpha value is -3.41. The lowest BCUT2D eigenvalue weighted by atomic mass is 9.95. The van der Waals surface area contributed by atoms with Crippen molar-refractivity contribution in [1.29, 1.82) is 0 Å². The van der Waals surface area contributed by atoms with Crippen LogP contribution in [-0.2, 0) is 4.79 Å². The summed E-state index contributed by atoms with van der Waals surface area (Å²) >= 11 is 0. The quantitative estimate of drug-likeness (QED) is 0.733. The minimum atomic E-state index is -0.0813. The van der Waals surface area contributed by atoms with Crippen LogP contribution in [0.4, 0.5) is 5.69 Å². The Bertz CT molecular complexity index is 945. The number of aromatic amines is 1. The summed E-state index contributed by atoms with van der Waals surface area (Å²) in [4.78, 5) is 27.3.